The topological polar surface area (TPSA) is 68.0 Å². The van der Waals surface area contributed by atoms with Crippen molar-refractivity contribution < 1.29 is 13.6 Å². The Morgan fingerprint density at radius 1 is 1.29 bits per heavy atom. The third-order valence-electron chi connectivity index (χ3n) is 2.57. The quantitative estimate of drug-likeness (QED) is 0.829. The second-order valence-electron chi connectivity index (χ2n) is 4.01. The highest BCUT2D eigenvalue weighted by atomic mass is 19.1. The van der Waals surface area contributed by atoms with E-state index in [1.807, 2.05) is 0 Å². The van der Waals surface area contributed by atoms with Crippen LogP contribution in [0.5, 0.6) is 0 Å². The molecule has 4 nitrogen and oxygen atoms in total. The molecule has 6 heteroatoms. The zero-order chi connectivity index (χ0) is 15.2. The molecule has 2 aromatic rings. The maximum absolute atomic E-state index is 13.8. The Balaban J connectivity index is 2.20. The number of nitrogens with zero attached hydrogens (tertiary/aromatic N) is 1. The zero-order valence-corrected chi connectivity index (χ0v) is 10.9. The molecule has 21 heavy (non-hydrogen) atoms. The summed E-state index contributed by atoms with van der Waals surface area (Å²) >= 11 is 0. The van der Waals surface area contributed by atoms with Crippen LogP contribution in [0.3, 0.4) is 0 Å². The minimum atomic E-state index is -0.777. The van der Waals surface area contributed by atoms with Gasteiger partial charge in [-0.25, -0.2) is 8.78 Å². The Morgan fingerprint density at radius 2 is 2.10 bits per heavy atom. The molecular formula is C15H11F2N3O. The highest BCUT2D eigenvalue weighted by Gasteiger charge is 2.13. The standard InChI is InChI=1S/C15H11F2N3O/c16-12-8-10(2-1-6-18)3-4-14(12)20-15(21)11-5-7-19-9-13(11)17/h3-5,7-9H,6,18H2,(H,20,21). The zero-order valence-electron chi connectivity index (χ0n) is 10.9. The SMILES string of the molecule is NCC#Cc1ccc(NC(=O)c2ccncc2F)c(F)c1. The molecule has 0 bridgehead atoms. The summed E-state index contributed by atoms with van der Waals surface area (Å²) in [6.45, 7) is 0.168. The number of aromatic nitrogens is 1. The van der Waals surface area contributed by atoms with Crippen LogP contribution in [0.1, 0.15) is 15.9 Å². The first-order valence-electron chi connectivity index (χ1n) is 6.01. The molecule has 1 aromatic carbocycles. The largest absolute Gasteiger partial charge is 0.320 e. The van der Waals surface area contributed by atoms with Crippen molar-refractivity contribution in [1.29, 1.82) is 0 Å². The van der Waals surface area contributed by atoms with E-state index in [2.05, 4.69) is 22.1 Å². The summed E-state index contributed by atoms with van der Waals surface area (Å²) in [5, 5.41) is 2.30. The number of halogens is 2. The number of pyridine rings is 1. The van der Waals surface area contributed by atoms with Gasteiger partial charge in [-0.2, -0.15) is 0 Å². The van der Waals surface area contributed by atoms with Gasteiger partial charge in [0.1, 0.15) is 5.82 Å². The minimum Gasteiger partial charge on any atom is -0.320 e. The number of nitrogens with two attached hydrogens (primary N) is 1. The fourth-order valence-electron chi connectivity index (χ4n) is 1.60. The summed E-state index contributed by atoms with van der Waals surface area (Å²) in [6, 6.07) is 5.27. The molecular weight excluding hydrogens is 276 g/mol. The molecule has 1 amide bonds. The average molecular weight is 287 g/mol. The first-order valence-corrected chi connectivity index (χ1v) is 6.01. The molecule has 1 aromatic heterocycles. The van der Waals surface area contributed by atoms with Crippen LogP contribution in [0.15, 0.2) is 36.7 Å². The Labute approximate surface area is 120 Å². The predicted molar refractivity (Wildman–Crippen MR) is 74.5 cm³/mol. The van der Waals surface area contributed by atoms with E-state index in [1.54, 1.807) is 0 Å². The summed E-state index contributed by atoms with van der Waals surface area (Å²) in [4.78, 5) is 15.4. The van der Waals surface area contributed by atoms with Gasteiger partial charge in [-0.05, 0) is 24.3 Å². The molecule has 3 N–H and O–H groups in total. The Bertz CT molecular complexity index is 735. The lowest BCUT2D eigenvalue weighted by Crippen LogP contribution is -2.14. The van der Waals surface area contributed by atoms with Crippen LogP contribution in [0.25, 0.3) is 0 Å². The molecule has 2 rings (SSSR count). The van der Waals surface area contributed by atoms with Crippen molar-refractivity contribution in [1.82, 2.24) is 4.98 Å². The van der Waals surface area contributed by atoms with Crippen LogP contribution in [-0.2, 0) is 0 Å². The average Bonchev–Trinajstić information content (AvgIpc) is 2.48. The van der Waals surface area contributed by atoms with Crippen LogP contribution < -0.4 is 11.1 Å². The summed E-state index contributed by atoms with van der Waals surface area (Å²) < 4.78 is 27.2. The van der Waals surface area contributed by atoms with Crippen molar-refractivity contribution >= 4 is 11.6 Å². The van der Waals surface area contributed by atoms with E-state index in [0.717, 1.165) is 6.20 Å². The molecule has 1 heterocycles. The lowest BCUT2D eigenvalue weighted by Gasteiger charge is -2.07. The lowest BCUT2D eigenvalue weighted by molar-refractivity contribution is 0.102. The summed E-state index contributed by atoms with van der Waals surface area (Å²) in [5.74, 6) is 3.07. The van der Waals surface area contributed by atoms with E-state index in [9.17, 15) is 13.6 Å². The highest BCUT2D eigenvalue weighted by Crippen LogP contribution is 2.17. The second kappa shape index (κ2) is 6.59. The van der Waals surface area contributed by atoms with Crippen molar-refractivity contribution in [3.8, 4) is 11.8 Å². The van der Waals surface area contributed by atoms with Crippen LogP contribution in [0, 0.1) is 23.5 Å². The molecule has 0 spiro atoms. The van der Waals surface area contributed by atoms with E-state index in [0.29, 0.717) is 5.56 Å². The number of hydrogen-bond donors (Lipinski definition) is 2. The van der Waals surface area contributed by atoms with Gasteiger partial charge in [0.15, 0.2) is 5.82 Å². The number of rotatable bonds is 2. The number of carbonyl (C=O) groups is 1. The summed E-state index contributed by atoms with van der Waals surface area (Å²) in [6.07, 6.45) is 2.19. The van der Waals surface area contributed by atoms with Gasteiger partial charge in [0.05, 0.1) is 24.0 Å². The Hall–Kier alpha value is -2.78. The molecule has 0 aliphatic carbocycles. The maximum Gasteiger partial charge on any atom is 0.258 e. The van der Waals surface area contributed by atoms with Crippen LogP contribution in [-0.4, -0.2) is 17.4 Å². The van der Waals surface area contributed by atoms with Crippen molar-refractivity contribution in [2.75, 3.05) is 11.9 Å². The van der Waals surface area contributed by atoms with Crippen molar-refractivity contribution in [3.63, 3.8) is 0 Å². The minimum absolute atomic E-state index is 0.0606. The first-order chi connectivity index (χ1) is 10.1. The fourth-order valence-corrected chi connectivity index (χ4v) is 1.60. The van der Waals surface area contributed by atoms with Crippen LogP contribution in [0.4, 0.5) is 14.5 Å². The molecule has 0 aliphatic heterocycles. The van der Waals surface area contributed by atoms with Gasteiger partial charge in [-0.3, -0.25) is 9.78 Å². The van der Waals surface area contributed by atoms with Crippen LogP contribution in [0.2, 0.25) is 0 Å². The molecule has 0 aliphatic rings. The van der Waals surface area contributed by atoms with Gasteiger partial charge in [-0.1, -0.05) is 11.8 Å². The monoisotopic (exact) mass is 287 g/mol. The fraction of sp³-hybridized carbons (Fsp3) is 0.0667. The second-order valence-corrected chi connectivity index (χ2v) is 4.01. The maximum atomic E-state index is 13.8. The van der Waals surface area contributed by atoms with E-state index in [-0.39, 0.29) is 17.8 Å². The number of hydrogen-bond acceptors (Lipinski definition) is 3. The Kier molecular flexibility index (Phi) is 4.59. The lowest BCUT2D eigenvalue weighted by atomic mass is 10.2. The number of nitrogens with one attached hydrogen (secondary N) is 1. The van der Waals surface area contributed by atoms with E-state index < -0.39 is 17.5 Å². The molecule has 0 atom stereocenters. The first kappa shape index (κ1) is 14.6. The van der Waals surface area contributed by atoms with Gasteiger partial charge in [0.2, 0.25) is 0 Å². The van der Waals surface area contributed by atoms with Crippen molar-refractivity contribution in [2.45, 2.75) is 0 Å². The van der Waals surface area contributed by atoms with E-state index in [1.165, 1.54) is 30.5 Å². The number of carbonyl (C=O) groups excluding carboxylic acids is 1. The molecule has 106 valence electrons. The normalized spacial score (nSPS) is 9.67. The van der Waals surface area contributed by atoms with E-state index in [4.69, 9.17) is 5.73 Å². The van der Waals surface area contributed by atoms with Gasteiger partial charge in [-0.15, -0.1) is 0 Å². The third kappa shape index (κ3) is 3.61. The number of anilines is 1. The molecule has 0 radical (unpaired) electrons. The van der Waals surface area contributed by atoms with Gasteiger partial charge < -0.3 is 11.1 Å². The summed E-state index contributed by atoms with van der Waals surface area (Å²) in [5.41, 5.74) is 5.39. The summed E-state index contributed by atoms with van der Waals surface area (Å²) in [7, 11) is 0. The highest BCUT2D eigenvalue weighted by molar-refractivity contribution is 6.04. The van der Waals surface area contributed by atoms with E-state index >= 15 is 0 Å². The molecule has 0 saturated heterocycles. The molecule has 0 saturated carbocycles. The van der Waals surface area contributed by atoms with Crippen molar-refractivity contribution in [3.05, 3.63) is 59.4 Å². The van der Waals surface area contributed by atoms with Gasteiger partial charge in [0, 0.05) is 11.8 Å². The van der Waals surface area contributed by atoms with Crippen molar-refractivity contribution in [2.24, 2.45) is 5.73 Å². The smallest absolute Gasteiger partial charge is 0.258 e. The number of amides is 1. The van der Waals surface area contributed by atoms with Crippen LogP contribution >= 0.6 is 0 Å². The van der Waals surface area contributed by atoms with Gasteiger partial charge in [0.25, 0.3) is 5.91 Å². The van der Waals surface area contributed by atoms with Gasteiger partial charge >= 0.3 is 0 Å². The third-order valence-corrected chi connectivity index (χ3v) is 2.57. The molecule has 0 fully saturated rings. The predicted octanol–water partition coefficient (Wildman–Crippen LogP) is 1.92. The Morgan fingerprint density at radius 3 is 2.76 bits per heavy atom. The molecule has 0 unspecified atom stereocenters. The number of benzene rings is 1.